The molecule has 0 atom stereocenters. The number of nitrogens with one attached hydrogen (secondary N) is 1. The molecule has 0 saturated heterocycles. The molecule has 154 valence electrons. The summed E-state index contributed by atoms with van der Waals surface area (Å²) in [6.45, 7) is 6.72. The van der Waals surface area contributed by atoms with Gasteiger partial charge in [-0.1, -0.05) is 20.8 Å². The number of carbonyl (C=O) groups is 3. The van der Waals surface area contributed by atoms with Crippen LogP contribution in [0.5, 0.6) is 0 Å². The van der Waals surface area contributed by atoms with Crippen molar-refractivity contribution in [2.24, 2.45) is 5.41 Å². The van der Waals surface area contributed by atoms with Gasteiger partial charge in [-0.2, -0.15) is 0 Å². The third-order valence-corrected chi connectivity index (χ3v) is 5.00. The van der Waals surface area contributed by atoms with E-state index in [0.717, 1.165) is 17.1 Å². The molecule has 0 unspecified atom stereocenters. The van der Waals surface area contributed by atoms with Gasteiger partial charge in [-0.15, -0.1) is 11.3 Å². The fourth-order valence-electron chi connectivity index (χ4n) is 2.16. The van der Waals surface area contributed by atoms with Gasteiger partial charge in [-0.3, -0.25) is 24.7 Å². The molecule has 0 aliphatic carbocycles. The van der Waals surface area contributed by atoms with Crippen molar-refractivity contribution in [2.75, 3.05) is 6.61 Å². The molecule has 0 saturated carbocycles. The molecule has 0 radical (unpaired) electrons. The highest BCUT2D eigenvalue weighted by atomic mass is 32.1. The van der Waals surface area contributed by atoms with E-state index in [0.29, 0.717) is 11.4 Å². The first-order chi connectivity index (χ1) is 13.5. The van der Waals surface area contributed by atoms with Crippen molar-refractivity contribution >= 4 is 34.7 Å². The van der Waals surface area contributed by atoms with Gasteiger partial charge < -0.3 is 10.1 Å². The maximum atomic E-state index is 12.3. The lowest BCUT2D eigenvalue weighted by molar-refractivity contribution is -0.385. The van der Waals surface area contributed by atoms with Crippen molar-refractivity contribution < 1.29 is 24.0 Å². The van der Waals surface area contributed by atoms with E-state index in [2.05, 4.69) is 10.3 Å². The second kappa shape index (κ2) is 8.91. The van der Waals surface area contributed by atoms with E-state index in [9.17, 15) is 24.5 Å². The molecule has 0 aromatic carbocycles. The van der Waals surface area contributed by atoms with Gasteiger partial charge in [0.2, 0.25) is 11.7 Å². The molecule has 0 aliphatic heterocycles. The Labute approximate surface area is 171 Å². The summed E-state index contributed by atoms with van der Waals surface area (Å²) in [6, 6.07) is 4.38. The summed E-state index contributed by atoms with van der Waals surface area (Å²) in [5, 5.41) is 13.6. The predicted octanol–water partition coefficient (Wildman–Crippen LogP) is 3.06. The number of aromatic nitrogens is 1. The summed E-state index contributed by atoms with van der Waals surface area (Å²) in [5.74, 6) is -1.37. The van der Waals surface area contributed by atoms with Gasteiger partial charge in [0, 0.05) is 16.4 Å². The molecule has 1 amide bonds. The summed E-state index contributed by atoms with van der Waals surface area (Å²) in [6.07, 6.45) is 1.04. The van der Waals surface area contributed by atoms with Crippen molar-refractivity contribution in [1.82, 2.24) is 10.3 Å². The quantitative estimate of drug-likeness (QED) is 0.316. The van der Waals surface area contributed by atoms with Crippen LogP contribution in [0.3, 0.4) is 0 Å². The van der Waals surface area contributed by atoms with E-state index >= 15 is 0 Å². The van der Waals surface area contributed by atoms with E-state index in [1.54, 1.807) is 32.9 Å². The van der Waals surface area contributed by atoms with Gasteiger partial charge in [0.25, 0.3) is 5.69 Å². The van der Waals surface area contributed by atoms with Crippen LogP contribution in [0, 0.1) is 22.5 Å². The Balaban J connectivity index is 1.95. The minimum Gasteiger partial charge on any atom is -0.454 e. The fraction of sp³-hybridized carbons (Fsp3) is 0.368. The molecule has 0 aliphatic rings. The van der Waals surface area contributed by atoms with Gasteiger partial charge in [-0.25, -0.2) is 4.79 Å². The van der Waals surface area contributed by atoms with Gasteiger partial charge in [-0.05, 0) is 19.1 Å². The summed E-state index contributed by atoms with van der Waals surface area (Å²) >= 11 is 1.19. The maximum absolute atomic E-state index is 12.3. The van der Waals surface area contributed by atoms with Crippen LogP contribution in [0.2, 0.25) is 0 Å². The van der Waals surface area contributed by atoms with E-state index in [-0.39, 0.29) is 22.9 Å². The summed E-state index contributed by atoms with van der Waals surface area (Å²) < 4.78 is 5.00. The maximum Gasteiger partial charge on any atom is 0.340 e. The lowest BCUT2D eigenvalue weighted by atomic mass is 9.96. The summed E-state index contributed by atoms with van der Waals surface area (Å²) in [5.41, 5.74) is -0.650. The summed E-state index contributed by atoms with van der Waals surface area (Å²) in [4.78, 5) is 51.5. The normalized spacial score (nSPS) is 11.0. The molecule has 2 rings (SSSR count). The molecular weight excluding hydrogens is 398 g/mol. The van der Waals surface area contributed by atoms with Gasteiger partial charge >= 0.3 is 5.97 Å². The summed E-state index contributed by atoms with van der Waals surface area (Å²) in [7, 11) is 0. The Morgan fingerprint density at radius 3 is 2.59 bits per heavy atom. The molecule has 2 aromatic heterocycles. The molecule has 2 aromatic rings. The number of Topliss-reactive ketones (excluding diaryl/α,β-unsaturated/α-hetero) is 1. The monoisotopic (exact) mass is 419 g/mol. The number of aryl methyl sites for hydroxylation is 1. The second-order valence-corrected chi connectivity index (χ2v) is 8.45. The average molecular weight is 419 g/mol. The Morgan fingerprint density at radius 2 is 1.97 bits per heavy atom. The number of pyridine rings is 1. The van der Waals surface area contributed by atoms with E-state index in [4.69, 9.17) is 4.74 Å². The van der Waals surface area contributed by atoms with Gasteiger partial charge in [0.05, 0.1) is 27.6 Å². The molecular formula is C19H21N3O6S. The van der Waals surface area contributed by atoms with Crippen molar-refractivity contribution in [1.29, 1.82) is 0 Å². The zero-order chi connectivity index (χ0) is 21.8. The van der Waals surface area contributed by atoms with Crippen LogP contribution in [-0.2, 0) is 16.1 Å². The van der Waals surface area contributed by atoms with Crippen molar-refractivity contribution in [2.45, 2.75) is 34.2 Å². The van der Waals surface area contributed by atoms with Crippen LogP contribution < -0.4 is 5.32 Å². The molecule has 2 heterocycles. The number of ketones is 1. The molecule has 0 spiro atoms. The third-order valence-electron chi connectivity index (χ3n) is 3.88. The second-order valence-electron chi connectivity index (χ2n) is 7.28. The SMILES string of the molecule is Cc1ncc([N+](=O)[O-])cc1C(=O)OCC(=O)c1ccc(CNC(=O)C(C)(C)C)s1. The standard InChI is InChI=1S/C19H21N3O6S/c1-11-14(7-12(8-20-11)22(26)27)17(24)28-10-15(23)16-6-5-13(29-16)9-21-18(25)19(2,3)4/h5-8H,9-10H2,1-4H3,(H,21,25). The van der Waals surface area contributed by atoms with Crippen molar-refractivity contribution in [3.8, 4) is 0 Å². The number of hydrogen-bond donors (Lipinski definition) is 1. The van der Waals surface area contributed by atoms with Crippen molar-refractivity contribution in [3.05, 3.63) is 55.5 Å². The number of hydrogen-bond acceptors (Lipinski definition) is 8. The first-order valence-corrected chi connectivity index (χ1v) is 9.49. The molecule has 29 heavy (non-hydrogen) atoms. The Bertz CT molecular complexity index is 961. The van der Waals surface area contributed by atoms with Crippen molar-refractivity contribution in [3.63, 3.8) is 0 Å². The smallest absolute Gasteiger partial charge is 0.340 e. The first kappa shape index (κ1) is 22.2. The van der Waals surface area contributed by atoms with Crippen LogP contribution >= 0.6 is 11.3 Å². The number of rotatable bonds is 7. The minimum absolute atomic E-state index is 0.0660. The molecule has 1 N–H and O–H groups in total. The van der Waals surface area contributed by atoms with Crippen LogP contribution in [0.1, 0.15) is 51.4 Å². The zero-order valence-corrected chi connectivity index (χ0v) is 17.3. The molecule has 0 fully saturated rings. The highest BCUT2D eigenvalue weighted by Gasteiger charge is 2.21. The Hall–Kier alpha value is -3.14. The van der Waals surface area contributed by atoms with Crippen LogP contribution in [0.4, 0.5) is 5.69 Å². The minimum atomic E-state index is -0.860. The number of amides is 1. The highest BCUT2D eigenvalue weighted by molar-refractivity contribution is 7.14. The number of nitro groups is 1. The topological polar surface area (TPSA) is 128 Å². The number of nitrogens with zero attached hydrogens (tertiary/aromatic N) is 2. The first-order valence-electron chi connectivity index (χ1n) is 8.67. The number of carbonyl (C=O) groups excluding carboxylic acids is 3. The lowest BCUT2D eigenvalue weighted by Crippen LogP contribution is -2.34. The van der Waals surface area contributed by atoms with Crippen LogP contribution in [0.25, 0.3) is 0 Å². The average Bonchev–Trinajstić information content (AvgIpc) is 3.12. The number of thiophene rings is 1. The van der Waals surface area contributed by atoms with E-state index in [1.165, 1.54) is 18.3 Å². The van der Waals surface area contributed by atoms with Crippen LogP contribution in [0.15, 0.2) is 24.4 Å². The largest absolute Gasteiger partial charge is 0.454 e. The van der Waals surface area contributed by atoms with E-state index in [1.807, 2.05) is 0 Å². The molecule has 0 bridgehead atoms. The molecule has 9 nitrogen and oxygen atoms in total. The number of esters is 1. The number of ether oxygens (including phenoxy) is 1. The zero-order valence-electron chi connectivity index (χ0n) is 16.5. The third kappa shape index (κ3) is 5.92. The fourth-order valence-corrected chi connectivity index (χ4v) is 3.04. The van der Waals surface area contributed by atoms with Gasteiger partial charge in [0.15, 0.2) is 6.61 Å². The Kier molecular flexibility index (Phi) is 6.80. The highest BCUT2D eigenvalue weighted by Crippen LogP contribution is 2.20. The lowest BCUT2D eigenvalue weighted by Gasteiger charge is -2.17. The van der Waals surface area contributed by atoms with Crippen LogP contribution in [-0.4, -0.2) is 34.2 Å². The molecule has 10 heteroatoms. The van der Waals surface area contributed by atoms with Gasteiger partial charge in [0.1, 0.15) is 6.20 Å². The van der Waals surface area contributed by atoms with E-state index < -0.39 is 28.7 Å². The Morgan fingerprint density at radius 1 is 1.28 bits per heavy atom. The predicted molar refractivity (Wildman–Crippen MR) is 106 cm³/mol.